The second-order valence-electron chi connectivity index (χ2n) is 6.67. The van der Waals surface area contributed by atoms with Gasteiger partial charge in [0.1, 0.15) is 12.4 Å². The van der Waals surface area contributed by atoms with Gasteiger partial charge in [-0.05, 0) is 63.2 Å². The first kappa shape index (κ1) is 16.2. The largest absolute Gasteiger partial charge is 0.492 e. The molecule has 0 radical (unpaired) electrons. The van der Waals surface area contributed by atoms with Crippen LogP contribution in [0.3, 0.4) is 0 Å². The Morgan fingerprint density at radius 1 is 1.00 bits per heavy atom. The Labute approximate surface area is 147 Å². The van der Waals surface area contributed by atoms with Gasteiger partial charge < -0.3 is 9.30 Å². The maximum absolute atomic E-state index is 12.9. The standard InChI is InChI=1S/C21H24N2O2/c1-2-23-19-8-4-3-7-17(19)21(24)18-15-16(9-10-20(18)23)25-14-13-22-11-5-6-12-22/h3-4,7-10,15H,2,5-6,11-14H2,1H3. The third kappa shape index (κ3) is 3.02. The Morgan fingerprint density at radius 2 is 1.76 bits per heavy atom. The van der Waals surface area contributed by atoms with E-state index >= 15 is 0 Å². The summed E-state index contributed by atoms with van der Waals surface area (Å²) in [5, 5.41) is 1.50. The van der Waals surface area contributed by atoms with E-state index in [9.17, 15) is 4.79 Å². The first-order valence-corrected chi connectivity index (χ1v) is 9.18. The molecule has 0 unspecified atom stereocenters. The van der Waals surface area contributed by atoms with Crippen molar-refractivity contribution in [3.05, 3.63) is 52.7 Å². The van der Waals surface area contributed by atoms with Crippen molar-refractivity contribution >= 4 is 21.8 Å². The zero-order chi connectivity index (χ0) is 17.2. The molecule has 0 amide bonds. The van der Waals surface area contributed by atoms with Gasteiger partial charge in [-0.25, -0.2) is 0 Å². The van der Waals surface area contributed by atoms with Gasteiger partial charge >= 0.3 is 0 Å². The highest BCUT2D eigenvalue weighted by Crippen LogP contribution is 2.23. The Kier molecular flexibility index (Phi) is 4.45. The van der Waals surface area contributed by atoms with E-state index in [2.05, 4.69) is 16.4 Å². The zero-order valence-electron chi connectivity index (χ0n) is 14.7. The molecule has 1 aliphatic heterocycles. The molecule has 4 heteroatoms. The first-order chi connectivity index (χ1) is 12.3. The number of pyridine rings is 1. The number of aromatic nitrogens is 1. The van der Waals surface area contributed by atoms with Gasteiger partial charge in [-0.2, -0.15) is 0 Å². The van der Waals surface area contributed by atoms with E-state index in [4.69, 9.17) is 4.74 Å². The summed E-state index contributed by atoms with van der Waals surface area (Å²) in [6.45, 7) is 6.90. The maximum Gasteiger partial charge on any atom is 0.197 e. The number of ether oxygens (including phenoxy) is 1. The predicted molar refractivity (Wildman–Crippen MR) is 103 cm³/mol. The minimum atomic E-state index is 0.0836. The molecule has 1 aromatic heterocycles. The topological polar surface area (TPSA) is 34.5 Å². The molecule has 0 saturated carbocycles. The van der Waals surface area contributed by atoms with Crippen LogP contribution in [0, 0.1) is 0 Å². The molecular weight excluding hydrogens is 312 g/mol. The van der Waals surface area contributed by atoms with Gasteiger partial charge in [0.25, 0.3) is 0 Å². The number of hydrogen-bond donors (Lipinski definition) is 0. The van der Waals surface area contributed by atoms with Crippen molar-refractivity contribution in [2.75, 3.05) is 26.2 Å². The van der Waals surface area contributed by atoms with E-state index in [1.165, 1.54) is 25.9 Å². The highest BCUT2D eigenvalue weighted by Gasteiger charge is 2.12. The zero-order valence-corrected chi connectivity index (χ0v) is 14.7. The molecule has 2 aromatic carbocycles. The van der Waals surface area contributed by atoms with Crippen LogP contribution in [0.25, 0.3) is 21.8 Å². The van der Waals surface area contributed by atoms with E-state index in [1.54, 1.807) is 0 Å². The molecule has 0 aliphatic carbocycles. The van der Waals surface area contributed by atoms with Crippen LogP contribution in [0.4, 0.5) is 0 Å². The molecule has 0 atom stereocenters. The van der Waals surface area contributed by atoms with Crippen molar-refractivity contribution in [2.45, 2.75) is 26.3 Å². The van der Waals surface area contributed by atoms with Gasteiger partial charge in [-0.15, -0.1) is 0 Å². The number of aryl methyl sites for hydroxylation is 1. The minimum absolute atomic E-state index is 0.0836. The lowest BCUT2D eigenvalue weighted by atomic mass is 10.1. The highest BCUT2D eigenvalue weighted by molar-refractivity contribution is 5.94. The van der Waals surface area contributed by atoms with E-state index in [1.807, 2.05) is 42.5 Å². The lowest BCUT2D eigenvalue weighted by Gasteiger charge is -2.16. The summed E-state index contributed by atoms with van der Waals surface area (Å²) in [7, 11) is 0. The van der Waals surface area contributed by atoms with Crippen LogP contribution >= 0.6 is 0 Å². The smallest absolute Gasteiger partial charge is 0.197 e. The van der Waals surface area contributed by atoms with E-state index < -0.39 is 0 Å². The van der Waals surface area contributed by atoms with Crippen LogP contribution in [-0.2, 0) is 6.54 Å². The van der Waals surface area contributed by atoms with Crippen LogP contribution in [0.5, 0.6) is 5.75 Å². The monoisotopic (exact) mass is 336 g/mol. The van der Waals surface area contributed by atoms with Crippen molar-refractivity contribution in [3.63, 3.8) is 0 Å². The molecule has 1 saturated heterocycles. The van der Waals surface area contributed by atoms with Gasteiger partial charge in [-0.3, -0.25) is 9.69 Å². The summed E-state index contributed by atoms with van der Waals surface area (Å²) in [5.41, 5.74) is 2.04. The Balaban J connectivity index is 1.68. The summed E-state index contributed by atoms with van der Waals surface area (Å²) < 4.78 is 8.12. The van der Waals surface area contributed by atoms with Gasteiger partial charge in [0.2, 0.25) is 0 Å². The molecular formula is C21H24N2O2. The fourth-order valence-electron chi connectivity index (χ4n) is 3.84. The lowest BCUT2D eigenvalue weighted by Crippen LogP contribution is -2.25. The predicted octanol–water partition coefficient (Wildman–Crippen LogP) is 3.65. The third-order valence-corrected chi connectivity index (χ3v) is 5.13. The van der Waals surface area contributed by atoms with Crippen LogP contribution in [-0.4, -0.2) is 35.7 Å². The SMILES string of the molecule is CCn1c2ccccc2c(=O)c2cc(OCCN3CCCC3)ccc21. The second-order valence-corrected chi connectivity index (χ2v) is 6.67. The average molecular weight is 336 g/mol. The fraction of sp³-hybridized carbons (Fsp3) is 0.381. The molecule has 0 N–H and O–H groups in total. The van der Waals surface area contributed by atoms with Crippen molar-refractivity contribution in [3.8, 4) is 5.75 Å². The molecule has 4 nitrogen and oxygen atoms in total. The molecule has 25 heavy (non-hydrogen) atoms. The fourth-order valence-corrected chi connectivity index (χ4v) is 3.84. The van der Waals surface area contributed by atoms with Crippen LogP contribution in [0.2, 0.25) is 0 Å². The summed E-state index contributed by atoms with van der Waals surface area (Å²) in [6, 6.07) is 13.7. The number of hydrogen-bond acceptors (Lipinski definition) is 3. The molecule has 1 fully saturated rings. The van der Waals surface area contributed by atoms with Crippen LogP contribution < -0.4 is 10.2 Å². The van der Waals surface area contributed by atoms with E-state index in [-0.39, 0.29) is 5.43 Å². The van der Waals surface area contributed by atoms with Gasteiger partial charge in [-0.1, -0.05) is 12.1 Å². The first-order valence-electron chi connectivity index (χ1n) is 9.18. The normalized spacial score (nSPS) is 15.2. The summed E-state index contributed by atoms with van der Waals surface area (Å²) >= 11 is 0. The molecule has 2 heterocycles. The van der Waals surface area contributed by atoms with Crippen molar-refractivity contribution in [1.82, 2.24) is 9.47 Å². The minimum Gasteiger partial charge on any atom is -0.492 e. The lowest BCUT2D eigenvalue weighted by molar-refractivity contribution is 0.238. The number of nitrogens with zero attached hydrogens (tertiary/aromatic N) is 2. The van der Waals surface area contributed by atoms with Gasteiger partial charge in [0.15, 0.2) is 5.43 Å². The molecule has 130 valence electrons. The highest BCUT2D eigenvalue weighted by atomic mass is 16.5. The van der Waals surface area contributed by atoms with Crippen molar-refractivity contribution in [2.24, 2.45) is 0 Å². The number of fused-ring (bicyclic) bond motifs is 2. The number of benzene rings is 2. The molecule has 4 rings (SSSR count). The molecule has 1 aliphatic rings. The van der Waals surface area contributed by atoms with Crippen molar-refractivity contribution in [1.29, 1.82) is 0 Å². The number of likely N-dealkylation sites (tertiary alicyclic amines) is 1. The van der Waals surface area contributed by atoms with Crippen LogP contribution in [0.1, 0.15) is 19.8 Å². The average Bonchev–Trinajstić information content (AvgIpc) is 3.16. The number of rotatable bonds is 5. The molecule has 0 bridgehead atoms. The van der Waals surface area contributed by atoms with Crippen LogP contribution in [0.15, 0.2) is 47.3 Å². The quantitative estimate of drug-likeness (QED) is 0.667. The Bertz CT molecular complexity index is 955. The summed E-state index contributed by atoms with van der Waals surface area (Å²) in [6.07, 6.45) is 2.58. The van der Waals surface area contributed by atoms with Gasteiger partial charge in [0.05, 0.1) is 11.0 Å². The van der Waals surface area contributed by atoms with E-state index in [0.29, 0.717) is 6.61 Å². The number of para-hydroxylation sites is 1. The Hall–Kier alpha value is -2.33. The molecule has 0 spiro atoms. The maximum atomic E-state index is 12.9. The third-order valence-electron chi connectivity index (χ3n) is 5.13. The summed E-state index contributed by atoms with van der Waals surface area (Å²) in [4.78, 5) is 15.3. The molecule has 3 aromatic rings. The second kappa shape index (κ2) is 6.89. The summed E-state index contributed by atoms with van der Waals surface area (Å²) in [5.74, 6) is 0.779. The van der Waals surface area contributed by atoms with Gasteiger partial charge in [0, 0.05) is 23.9 Å². The van der Waals surface area contributed by atoms with Crippen molar-refractivity contribution < 1.29 is 4.74 Å². The Morgan fingerprint density at radius 3 is 2.56 bits per heavy atom. The van der Waals surface area contributed by atoms with E-state index in [0.717, 1.165) is 40.6 Å².